The van der Waals surface area contributed by atoms with Crippen molar-refractivity contribution in [2.75, 3.05) is 32.8 Å². The number of nitrogens with zero attached hydrogens (tertiary/aromatic N) is 1. The van der Waals surface area contributed by atoms with Crippen molar-refractivity contribution in [2.45, 2.75) is 56.2 Å². The molecule has 0 amide bonds. The van der Waals surface area contributed by atoms with E-state index in [0.717, 1.165) is 32.1 Å². The average molecular weight is 308 g/mol. The summed E-state index contributed by atoms with van der Waals surface area (Å²) in [5.74, 6) is -0.365. The van der Waals surface area contributed by atoms with E-state index in [4.69, 9.17) is 9.47 Å². The smallest absolute Gasteiger partial charge is 0.348 e. The van der Waals surface area contributed by atoms with Crippen molar-refractivity contribution in [3.8, 4) is 0 Å². The Morgan fingerprint density at radius 3 is 2.33 bits per heavy atom. The molecule has 4 nitrogen and oxygen atoms in total. The molecule has 0 aromatic carbocycles. The van der Waals surface area contributed by atoms with Crippen molar-refractivity contribution < 1.29 is 22.6 Å². The largest absolute Gasteiger partial charge is 0.401 e. The highest BCUT2D eigenvalue weighted by Crippen LogP contribution is 2.36. The lowest BCUT2D eigenvalue weighted by Gasteiger charge is -2.36. The summed E-state index contributed by atoms with van der Waals surface area (Å²) in [6.45, 7) is 1.58. The predicted molar refractivity (Wildman–Crippen MR) is 70.9 cm³/mol. The van der Waals surface area contributed by atoms with Gasteiger partial charge in [0, 0.05) is 38.0 Å². The molecule has 0 aromatic rings. The van der Waals surface area contributed by atoms with E-state index in [1.807, 2.05) is 0 Å². The van der Waals surface area contributed by atoms with Gasteiger partial charge in [0.2, 0.25) is 0 Å². The number of alkyl halides is 3. The maximum atomic E-state index is 12.4. The van der Waals surface area contributed by atoms with Crippen LogP contribution in [0, 0.1) is 0 Å². The molecule has 3 aliphatic rings. The van der Waals surface area contributed by atoms with Gasteiger partial charge in [-0.1, -0.05) is 0 Å². The van der Waals surface area contributed by atoms with Crippen LogP contribution < -0.4 is 5.32 Å². The fourth-order valence-electron chi connectivity index (χ4n) is 3.71. The van der Waals surface area contributed by atoms with Gasteiger partial charge in [-0.05, 0) is 19.3 Å². The number of hydrogen-bond acceptors (Lipinski definition) is 4. The van der Waals surface area contributed by atoms with Crippen molar-refractivity contribution in [2.24, 2.45) is 0 Å². The molecule has 0 aromatic heterocycles. The summed E-state index contributed by atoms with van der Waals surface area (Å²) < 4.78 is 48.5. The molecule has 1 unspecified atom stereocenters. The third kappa shape index (κ3) is 4.09. The van der Waals surface area contributed by atoms with Gasteiger partial charge in [0.1, 0.15) is 0 Å². The van der Waals surface area contributed by atoms with Crippen molar-refractivity contribution in [1.82, 2.24) is 10.2 Å². The van der Waals surface area contributed by atoms with Crippen LogP contribution in [0.4, 0.5) is 13.2 Å². The van der Waals surface area contributed by atoms with Crippen molar-refractivity contribution in [1.29, 1.82) is 0 Å². The van der Waals surface area contributed by atoms with Crippen LogP contribution in [-0.2, 0) is 9.47 Å². The number of rotatable bonds is 3. The molecule has 3 fully saturated rings. The molecule has 0 bridgehead atoms. The predicted octanol–water partition coefficient (Wildman–Crippen LogP) is 1.90. The van der Waals surface area contributed by atoms with E-state index in [1.165, 1.54) is 4.90 Å². The number of nitrogens with one attached hydrogen (secondary N) is 1. The van der Waals surface area contributed by atoms with E-state index in [9.17, 15) is 13.2 Å². The first-order valence-corrected chi connectivity index (χ1v) is 7.77. The Morgan fingerprint density at radius 2 is 1.71 bits per heavy atom. The normalized spacial score (nSPS) is 31.3. The van der Waals surface area contributed by atoms with Gasteiger partial charge in [-0.3, -0.25) is 4.90 Å². The fraction of sp³-hybridized carbons (Fsp3) is 1.00. The van der Waals surface area contributed by atoms with Crippen LogP contribution >= 0.6 is 0 Å². The quantitative estimate of drug-likeness (QED) is 0.863. The van der Waals surface area contributed by atoms with Gasteiger partial charge < -0.3 is 14.8 Å². The lowest BCUT2D eigenvalue weighted by molar-refractivity contribution is -0.179. The highest BCUT2D eigenvalue weighted by Gasteiger charge is 2.41. The summed E-state index contributed by atoms with van der Waals surface area (Å²) in [5.41, 5.74) is 0. The van der Waals surface area contributed by atoms with Crippen LogP contribution in [0.3, 0.4) is 0 Å². The van der Waals surface area contributed by atoms with Gasteiger partial charge in [0.05, 0.1) is 19.8 Å². The van der Waals surface area contributed by atoms with E-state index < -0.39 is 12.7 Å². The van der Waals surface area contributed by atoms with E-state index in [2.05, 4.69) is 5.32 Å². The minimum Gasteiger partial charge on any atom is -0.348 e. The van der Waals surface area contributed by atoms with Gasteiger partial charge in [0.25, 0.3) is 0 Å². The molecular weight excluding hydrogens is 285 g/mol. The van der Waals surface area contributed by atoms with Crippen molar-refractivity contribution in [3.05, 3.63) is 0 Å². The lowest BCUT2D eigenvalue weighted by Crippen LogP contribution is -2.46. The van der Waals surface area contributed by atoms with Gasteiger partial charge in [-0.25, -0.2) is 0 Å². The zero-order valence-corrected chi connectivity index (χ0v) is 12.1. The summed E-state index contributed by atoms with van der Waals surface area (Å²) in [5, 5.41) is 3.52. The number of likely N-dealkylation sites (tertiary alicyclic amines) is 1. The molecule has 21 heavy (non-hydrogen) atoms. The summed E-state index contributed by atoms with van der Waals surface area (Å²) in [7, 11) is 0. The van der Waals surface area contributed by atoms with Crippen LogP contribution in [-0.4, -0.2) is 61.8 Å². The maximum absolute atomic E-state index is 12.4. The van der Waals surface area contributed by atoms with E-state index >= 15 is 0 Å². The molecule has 2 aliphatic heterocycles. The molecule has 1 atom stereocenters. The molecule has 122 valence electrons. The van der Waals surface area contributed by atoms with Gasteiger partial charge in [-0.15, -0.1) is 0 Å². The van der Waals surface area contributed by atoms with Crippen molar-refractivity contribution >= 4 is 0 Å². The summed E-state index contributed by atoms with van der Waals surface area (Å²) in [6, 6.07) is 0.552. The Labute approximate surface area is 122 Å². The first kappa shape index (κ1) is 15.5. The Balaban J connectivity index is 1.40. The van der Waals surface area contributed by atoms with E-state index in [-0.39, 0.29) is 11.8 Å². The topological polar surface area (TPSA) is 33.7 Å². The van der Waals surface area contributed by atoms with Crippen LogP contribution in [0.25, 0.3) is 0 Å². The zero-order valence-electron chi connectivity index (χ0n) is 12.1. The minimum absolute atomic E-state index is 0.178. The van der Waals surface area contributed by atoms with Crippen molar-refractivity contribution in [3.63, 3.8) is 0 Å². The minimum atomic E-state index is -4.09. The molecular formula is C14H23F3N2O2. The molecule has 7 heteroatoms. The Kier molecular flexibility index (Phi) is 4.45. The molecule has 2 saturated heterocycles. The molecule has 2 heterocycles. The van der Waals surface area contributed by atoms with E-state index in [1.54, 1.807) is 0 Å². The SMILES string of the molecule is FC(F)(F)CN1CCC(NC2CCC3(CC2)OCCO3)C1. The number of halogens is 3. The van der Waals surface area contributed by atoms with Crippen LogP contribution in [0.15, 0.2) is 0 Å². The second-order valence-electron chi connectivity index (χ2n) is 6.38. The fourth-order valence-corrected chi connectivity index (χ4v) is 3.71. The summed E-state index contributed by atoms with van der Waals surface area (Å²) in [6.07, 6.45) is 0.396. The highest BCUT2D eigenvalue weighted by atomic mass is 19.4. The monoisotopic (exact) mass is 308 g/mol. The Bertz CT molecular complexity index is 349. The Hall–Kier alpha value is -0.370. The molecule has 1 N–H and O–H groups in total. The summed E-state index contributed by atoms with van der Waals surface area (Å²) >= 11 is 0. The number of ether oxygens (including phenoxy) is 2. The Morgan fingerprint density at radius 1 is 1.05 bits per heavy atom. The van der Waals surface area contributed by atoms with Gasteiger partial charge in [0.15, 0.2) is 5.79 Å². The van der Waals surface area contributed by atoms with Gasteiger partial charge >= 0.3 is 6.18 Å². The van der Waals surface area contributed by atoms with Gasteiger partial charge in [-0.2, -0.15) is 13.2 Å². The second-order valence-corrected chi connectivity index (χ2v) is 6.38. The first-order chi connectivity index (χ1) is 9.94. The average Bonchev–Trinajstić information content (AvgIpc) is 3.01. The molecule has 1 aliphatic carbocycles. The van der Waals surface area contributed by atoms with Crippen LogP contribution in [0.1, 0.15) is 32.1 Å². The third-order valence-corrected chi connectivity index (χ3v) is 4.71. The summed E-state index contributed by atoms with van der Waals surface area (Å²) in [4.78, 5) is 1.49. The molecule has 1 spiro atoms. The van der Waals surface area contributed by atoms with Crippen LogP contribution in [0.2, 0.25) is 0 Å². The third-order valence-electron chi connectivity index (χ3n) is 4.71. The standard InChI is InChI=1S/C14H23F3N2O2/c15-14(16,17)10-19-6-3-12(9-19)18-11-1-4-13(5-2-11)20-7-8-21-13/h11-12,18H,1-10H2. The zero-order chi connectivity index (χ0) is 14.9. The molecule has 1 saturated carbocycles. The molecule has 3 rings (SSSR count). The van der Waals surface area contributed by atoms with Crippen LogP contribution in [0.5, 0.6) is 0 Å². The molecule has 0 radical (unpaired) electrons. The highest BCUT2D eigenvalue weighted by molar-refractivity contribution is 4.90. The lowest BCUT2D eigenvalue weighted by atomic mass is 9.89. The number of hydrogen-bond donors (Lipinski definition) is 1. The first-order valence-electron chi connectivity index (χ1n) is 7.77. The van der Waals surface area contributed by atoms with E-state index in [0.29, 0.717) is 32.3 Å². The second kappa shape index (κ2) is 6.02. The maximum Gasteiger partial charge on any atom is 0.401 e.